The molecule has 8 aliphatic carbocycles. The number of carboxylic acids is 7. The van der Waals surface area contributed by atoms with E-state index in [0.29, 0.717) is 50.9 Å². The number of fused-ring (bicyclic) bond motifs is 3. The first-order valence-corrected chi connectivity index (χ1v) is 52.6. The Kier molecular flexibility index (Phi) is 49.3. The number of carboxylic acid groups (broad SMARTS) is 7. The number of carbonyl (C=O) groups is 11. The predicted octanol–water partition coefficient (Wildman–Crippen LogP) is 12.2. The number of benzene rings is 1. The van der Waals surface area contributed by atoms with Gasteiger partial charge in [0, 0.05) is 24.2 Å². The largest absolute Gasteiger partial charge is 0.544 e. The normalized spacial score (nSPS) is 23.1. The molecule has 47 heteroatoms. The molecule has 0 N–H and O–H groups in total. The van der Waals surface area contributed by atoms with Gasteiger partial charge in [-0.15, -0.1) is 0 Å². The molecular weight excluding hydrogens is 2020 g/mol. The van der Waals surface area contributed by atoms with Gasteiger partial charge in [-0.3, -0.25) is 22.7 Å². The Morgan fingerprint density at radius 1 is 0.397 bits per heavy atom. The van der Waals surface area contributed by atoms with Crippen molar-refractivity contribution in [1.29, 1.82) is 0 Å². The molecule has 0 aromatic heterocycles. The van der Waals surface area contributed by atoms with Crippen molar-refractivity contribution in [2.24, 2.45) is 81.8 Å². The van der Waals surface area contributed by atoms with Gasteiger partial charge in [-0.25, -0.2) is 4.79 Å². The molecule has 4 bridgehead atoms. The van der Waals surface area contributed by atoms with Crippen molar-refractivity contribution in [1.82, 2.24) is 0 Å². The minimum Gasteiger partial charge on any atom is -0.544 e. The Balaban J connectivity index is 0.000000355. The maximum absolute atomic E-state index is 14.0. The molecule has 1 saturated heterocycles. The van der Waals surface area contributed by atoms with Crippen molar-refractivity contribution in [2.75, 3.05) is 0 Å². The smallest absolute Gasteiger partial charge is 0.509 e. The zero-order chi connectivity index (χ0) is 112. The van der Waals surface area contributed by atoms with Crippen LogP contribution in [0.3, 0.4) is 0 Å². The molecule has 0 radical (unpaired) electrons. The third-order valence-corrected chi connectivity index (χ3v) is 29.8. The molecule has 9 aliphatic rings. The van der Waals surface area contributed by atoms with Crippen molar-refractivity contribution in [3.8, 4) is 0 Å². The van der Waals surface area contributed by atoms with Gasteiger partial charge in [0.2, 0.25) is 0 Å². The second-order valence-electron chi connectivity index (χ2n) is 43.6. The molecule has 8 saturated carbocycles. The van der Waals surface area contributed by atoms with E-state index in [1.807, 2.05) is 0 Å². The van der Waals surface area contributed by atoms with Gasteiger partial charge in [0.1, 0.15) is 72.3 Å². The third kappa shape index (κ3) is 38.7. The first-order chi connectivity index (χ1) is 66.9. The maximum atomic E-state index is 14.0. The zero-order valence-electron chi connectivity index (χ0n) is 85.6. The van der Waals surface area contributed by atoms with Crippen molar-refractivity contribution < 1.29 is 208 Å². The van der Waals surface area contributed by atoms with Gasteiger partial charge < -0.3 is 102 Å². The summed E-state index contributed by atoms with van der Waals surface area (Å²) in [5.74, 6) is -51.4. The standard InChI is InChI=1S/C15H22F2O4.C15H24F2O4.C14H20F2O6S.C14H18F2O5S.C14H22F2O5.C14H22F2O4.C13H22F2O3/c1-14(2,3)13(20)21-11(15(16,17)12(18)19)10-7-8-4-5-9(10)6-8;1-10(2)8-12(15(16,17)14(19)20)21-13(18)9-11-6-4-3-5-7-11;1-6(2)3-10(14(15,16)13(17)18)21-11-7-4-8-9(5-7)23(19,20)22-12(8)11;1-9(2)8-12(14(15,16)13(17)18)21-22(19,20)11-6-4-10(3)5-7-11;1-9(2)8-11(14(15,16)12(17)18)21-13(19)20-10-6-4-3-5-7-10;1-13(2,3)12(19)20-10(14(15,16)11(17)18)9-7-5-4-6-8-9;1-9(2)8-11(13(14,15)12(16)17)18-10-6-4-3-5-7-10/h8-11H,4-7H2,1-3H3,(H,18,19);10-12H,3-9H2,1-2H3,(H,19,20);6-12H,3-5H2,1-2H3,(H,17,18);4-7,9,12H,8H2,1-3H3,(H,17,18);9-11H,3-8H2,1-2H3,(H,17,18);9-10H,4-8H2,1-3H3,(H,17,18);9-11H,3-8H2,1-2H3,(H,16,17)/p-7. The van der Waals surface area contributed by atoms with E-state index in [9.17, 15) is 167 Å². The lowest BCUT2D eigenvalue weighted by molar-refractivity contribution is -0.340. The van der Waals surface area contributed by atoms with Crippen LogP contribution in [0.4, 0.5) is 66.3 Å². The highest BCUT2D eigenvalue weighted by atomic mass is 32.2. The molecule has 31 nitrogen and oxygen atoms in total. The molecule has 0 amide bonds. The van der Waals surface area contributed by atoms with E-state index in [2.05, 4.69) is 8.92 Å². The molecular formula is C99H143F14O31S2-7. The van der Waals surface area contributed by atoms with E-state index in [1.54, 1.807) is 96.9 Å². The molecule has 9 fully saturated rings. The Labute approximate surface area is 844 Å². The second kappa shape index (κ2) is 55.3. The van der Waals surface area contributed by atoms with Crippen molar-refractivity contribution in [2.45, 2.75) is 442 Å². The summed E-state index contributed by atoms with van der Waals surface area (Å²) in [6.07, 6.45) is 2.72. The van der Waals surface area contributed by atoms with Gasteiger partial charge in [0.15, 0.2) is 24.4 Å². The number of halogens is 14. The quantitative estimate of drug-likeness (QED) is 0.0255. The van der Waals surface area contributed by atoms with Crippen LogP contribution in [0.1, 0.15) is 322 Å². The molecule has 15 unspecified atom stereocenters. The number of alkyl halides is 14. The van der Waals surface area contributed by atoms with Gasteiger partial charge in [0.25, 0.3) is 20.2 Å². The number of esters is 3. The molecule has 1 heterocycles. The Bertz CT molecular complexity index is 4550. The second-order valence-corrected chi connectivity index (χ2v) is 47.0. The minimum atomic E-state index is -4.51. The molecule has 1 aromatic carbocycles. The number of ether oxygens (including phenoxy) is 7. The fourth-order valence-corrected chi connectivity index (χ4v) is 21.8. The number of aliphatic carboxylic acids is 7. The predicted molar refractivity (Wildman–Crippen MR) is 478 cm³/mol. The number of aryl methyl sites for hydroxylation is 1. The van der Waals surface area contributed by atoms with Crippen LogP contribution >= 0.6 is 0 Å². The van der Waals surface area contributed by atoms with Crippen LogP contribution in [0.25, 0.3) is 0 Å². The van der Waals surface area contributed by atoms with Crippen molar-refractivity contribution in [3.05, 3.63) is 29.8 Å². The Hall–Kier alpha value is -8.05. The summed E-state index contributed by atoms with van der Waals surface area (Å²) in [6.45, 7) is 27.5. The highest BCUT2D eigenvalue weighted by Gasteiger charge is 2.66. The minimum absolute atomic E-state index is 0.0120. The summed E-state index contributed by atoms with van der Waals surface area (Å²) in [4.78, 5) is 121. The van der Waals surface area contributed by atoms with Gasteiger partial charge in [-0.2, -0.15) is 78.3 Å². The molecule has 0 spiro atoms. The van der Waals surface area contributed by atoms with Crippen LogP contribution in [0.15, 0.2) is 29.2 Å². The Morgan fingerprint density at radius 3 is 1.14 bits per heavy atom. The lowest BCUT2D eigenvalue weighted by Crippen LogP contribution is -2.55. The molecule has 15 atom stereocenters. The zero-order valence-corrected chi connectivity index (χ0v) is 87.2. The highest BCUT2D eigenvalue weighted by molar-refractivity contribution is 7.87. The summed E-state index contributed by atoms with van der Waals surface area (Å²) in [5.41, 5.74) is -1.15. The van der Waals surface area contributed by atoms with Crippen LogP contribution in [-0.4, -0.2) is 197 Å². The van der Waals surface area contributed by atoms with Crippen LogP contribution in [-0.2, 0) is 110 Å². The van der Waals surface area contributed by atoms with Crippen LogP contribution in [0, 0.1) is 88.8 Å². The summed E-state index contributed by atoms with van der Waals surface area (Å²) >= 11 is 0. The number of hydrogen-bond acceptors (Lipinski definition) is 31. The summed E-state index contributed by atoms with van der Waals surface area (Å²) in [7, 11) is -8.18. The fourth-order valence-electron chi connectivity index (χ4n) is 18.9. The van der Waals surface area contributed by atoms with E-state index in [1.165, 1.54) is 45.0 Å². The first-order valence-electron chi connectivity index (χ1n) is 49.8. The molecule has 146 heavy (non-hydrogen) atoms. The summed E-state index contributed by atoms with van der Waals surface area (Å²) in [6, 6.07) is 5.36. The lowest BCUT2D eigenvalue weighted by Gasteiger charge is -2.36. The van der Waals surface area contributed by atoms with E-state index in [4.69, 9.17) is 32.6 Å². The topological polar surface area (TPSA) is 501 Å². The lowest BCUT2D eigenvalue weighted by atomic mass is 9.82. The van der Waals surface area contributed by atoms with Gasteiger partial charge >= 0.3 is 65.5 Å². The van der Waals surface area contributed by atoms with E-state index in [-0.39, 0.29) is 96.6 Å². The van der Waals surface area contributed by atoms with E-state index in [0.717, 1.165) is 128 Å². The van der Waals surface area contributed by atoms with Gasteiger partial charge in [-0.1, -0.05) is 158 Å². The summed E-state index contributed by atoms with van der Waals surface area (Å²) < 4.78 is 284. The number of carbonyl (C=O) groups excluding carboxylic acids is 11. The van der Waals surface area contributed by atoms with E-state index < -0.39 is 223 Å². The molecule has 10 rings (SSSR count). The van der Waals surface area contributed by atoms with Crippen molar-refractivity contribution in [3.63, 3.8) is 0 Å². The number of hydrogen-bond donors (Lipinski definition) is 0. The third-order valence-electron chi connectivity index (χ3n) is 26.7. The molecule has 1 aromatic rings. The van der Waals surface area contributed by atoms with Gasteiger partial charge in [-0.05, 0) is 242 Å². The van der Waals surface area contributed by atoms with Gasteiger partial charge in [0.05, 0.1) is 33.2 Å². The molecule has 1 aliphatic heterocycles. The summed E-state index contributed by atoms with van der Waals surface area (Å²) in [5, 5.41) is 73.9. The molecule has 842 valence electrons. The van der Waals surface area contributed by atoms with Crippen molar-refractivity contribution >= 4 is 86.1 Å². The SMILES string of the molecule is CC(C)(C)C(=O)OC(C1CC2CCC1C2)C(F)(F)C(=O)[O-].CC(C)(C)C(=O)OC(C1CCCCC1)C(F)(F)C(=O)[O-].CC(C)CC(OC(=O)CC1CCCCC1)C(F)(F)C(=O)[O-].CC(C)CC(OC(=O)OC1CCCCC1)C(F)(F)C(=O)[O-].CC(C)CC(OC1C2CC3C1OS(=O)(=O)C3C2)C(F)(F)C(=O)[O-].CC(C)CC(OC1CCCCC1)C(F)(F)C(=O)[O-].Cc1ccc(S(=O)(=O)OC(CC(C)C)C(F)(F)C(=O)[O-])cc1. The first kappa shape index (κ1) is 130. The van der Waals surface area contributed by atoms with Crippen LogP contribution < -0.4 is 35.7 Å². The number of rotatable bonds is 40. The fraction of sp³-hybridized carbons (Fsp3) is 0.828. The van der Waals surface area contributed by atoms with Crippen LogP contribution in [0.5, 0.6) is 0 Å². The maximum Gasteiger partial charge on any atom is 0.509 e. The average Bonchev–Trinajstić information content (AvgIpc) is 1.55. The highest BCUT2D eigenvalue weighted by Crippen LogP contribution is 2.57. The van der Waals surface area contributed by atoms with Crippen LogP contribution in [0.2, 0.25) is 0 Å². The van der Waals surface area contributed by atoms with E-state index >= 15 is 0 Å². The average molecular weight is 2160 g/mol. The Morgan fingerprint density at radius 2 is 0.753 bits per heavy atom. The monoisotopic (exact) mass is 2160 g/mol.